The fourth-order valence-corrected chi connectivity index (χ4v) is 6.19. The number of rotatable bonds is 7. The van der Waals surface area contributed by atoms with E-state index in [2.05, 4.69) is 10.1 Å². The van der Waals surface area contributed by atoms with Crippen molar-refractivity contribution >= 4 is 50.7 Å². The number of nitrogens with zero attached hydrogens (tertiary/aromatic N) is 2. The van der Waals surface area contributed by atoms with E-state index in [1.165, 1.54) is 17.4 Å². The van der Waals surface area contributed by atoms with Crippen LogP contribution >= 0.6 is 34.5 Å². The van der Waals surface area contributed by atoms with Crippen molar-refractivity contribution in [1.82, 2.24) is 10.1 Å². The van der Waals surface area contributed by atoms with Gasteiger partial charge in [-0.05, 0) is 56.0 Å². The van der Waals surface area contributed by atoms with E-state index in [0.29, 0.717) is 46.5 Å². The van der Waals surface area contributed by atoms with Gasteiger partial charge < -0.3 is 19.5 Å². The average molecular weight is 569 g/mol. The highest BCUT2D eigenvalue weighted by Gasteiger charge is 2.38. The summed E-state index contributed by atoms with van der Waals surface area (Å²) >= 11 is 13.8. The number of hydrogen-bond acceptors (Lipinski definition) is 7. The maximum Gasteiger partial charge on any atom is 0.335 e. The minimum atomic E-state index is -2.90. The van der Waals surface area contributed by atoms with Crippen LogP contribution in [-0.2, 0) is 16.9 Å². The van der Waals surface area contributed by atoms with Crippen molar-refractivity contribution in [2.45, 2.75) is 50.4 Å². The first kappa shape index (κ1) is 26.0. The van der Waals surface area contributed by atoms with Gasteiger partial charge in [0.1, 0.15) is 16.3 Å². The van der Waals surface area contributed by atoms with Crippen LogP contribution in [0.5, 0.6) is 0 Å². The SMILES string of the molecule is O=C(O)c1ccc2nc(C3(O)CCC(OCc4c(-c5c(Cl)cccc5Cl)noc4C(F)F)CC3)sc2c1. The van der Waals surface area contributed by atoms with E-state index in [-0.39, 0.29) is 39.6 Å². The van der Waals surface area contributed by atoms with E-state index in [1.54, 1.807) is 30.3 Å². The van der Waals surface area contributed by atoms with Crippen LogP contribution in [0, 0.1) is 0 Å². The number of aliphatic hydroxyl groups is 1. The molecule has 2 heterocycles. The van der Waals surface area contributed by atoms with Crippen LogP contribution in [0.15, 0.2) is 40.9 Å². The number of carboxylic acids is 1. The van der Waals surface area contributed by atoms with Crippen molar-refractivity contribution in [2.75, 3.05) is 0 Å². The lowest BCUT2D eigenvalue weighted by Gasteiger charge is -2.34. The van der Waals surface area contributed by atoms with E-state index in [9.17, 15) is 23.8 Å². The zero-order valence-corrected chi connectivity index (χ0v) is 21.4. The third kappa shape index (κ3) is 5.08. The Bertz CT molecular complexity index is 1450. The number of fused-ring (bicyclic) bond motifs is 1. The molecule has 1 saturated carbocycles. The van der Waals surface area contributed by atoms with E-state index >= 15 is 0 Å². The third-order valence-electron chi connectivity index (χ3n) is 6.47. The average Bonchev–Trinajstić information content (AvgIpc) is 3.48. The highest BCUT2D eigenvalue weighted by atomic mass is 35.5. The Hall–Kier alpha value is -2.63. The molecule has 2 N–H and O–H groups in total. The van der Waals surface area contributed by atoms with Crippen molar-refractivity contribution in [2.24, 2.45) is 0 Å². The van der Waals surface area contributed by atoms with Crippen LogP contribution in [0.4, 0.5) is 8.78 Å². The number of carboxylic acid groups (broad SMARTS) is 1. The second-order valence-electron chi connectivity index (χ2n) is 8.82. The molecule has 2 aromatic carbocycles. The van der Waals surface area contributed by atoms with Crippen LogP contribution in [0.1, 0.15) is 58.8 Å². The first-order chi connectivity index (χ1) is 17.7. The van der Waals surface area contributed by atoms with Crippen molar-refractivity contribution in [1.29, 1.82) is 0 Å². The van der Waals surface area contributed by atoms with Gasteiger partial charge in [0.15, 0.2) is 0 Å². The molecule has 0 aliphatic heterocycles. The quantitative estimate of drug-likeness (QED) is 0.242. The van der Waals surface area contributed by atoms with Crippen molar-refractivity contribution in [3.63, 3.8) is 0 Å². The van der Waals surface area contributed by atoms with Crippen LogP contribution < -0.4 is 0 Å². The molecule has 0 bridgehead atoms. The molecule has 0 unspecified atom stereocenters. The van der Waals surface area contributed by atoms with Gasteiger partial charge in [0, 0.05) is 5.56 Å². The van der Waals surface area contributed by atoms with Gasteiger partial charge in [-0.25, -0.2) is 18.6 Å². The highest BCUT2D eigenvalue weighted by molar-refractivity contribution is 7.18. The standard InChI is InChI=1S/C25H20Cl2F2N2O5S/c26-15-2-1-3-16(27)19(15)20-14(21(22(28)29)36-31-20)11-35-13-6-8-25(34,9-7-13)24-30-17-5-4-12(23(32)33)10-18(17)37-24/h1-5,10,13,22,34H,6-9,11H2,(H,32,33). The molecule has 12 heteroatoms. The second kappa shape index (κ2) is 10.3. The molecule has 7 nitrogen and oxygen atoms in total. The fraction of sp³-hybridized carbons (Fsp3) is 0.320. The maximum absolute atomic E-state index is 13.6. The Morgan fingerprint density at radius 1 is 1.22 bits per heavy atom. The molecule has 1 aliphatic rings. The van der Waals surface area contributed by atoms with Gasteiger partial charge in [0.2, 0.25) is 5.76 Å². The minimum absolute atomic E-state index is 0.0752. The summed E-state index contributed by atoms with van der Waals surface area (Å²) in [6.45, 7) is -0.192. The number of aromatic nitrogens is 2. The fourth-order valence-electron chi connectivity index (χ4n) is 4.46. The van der Waals surface area contributed by atoms with Gasteiger partial charge in [0.25, 0.3) is 6.43 Å². The van der Waals surface area contributed by atoms with E-state index < -0.39 is 23.8 Å². The zero-order valence-electron chi connectivity index (χ0n) is 19.1. The van der Waals surface area contributed by atoms with Gasteiger partial charge in [-0.2, -0.15) is 0 Å². The molecule has 194 valence electrons. The van der Waals surface area contributed by atoms with Gasteiger partial charge in [0.05, 0.1) is 44.1 Å². The number of benzene rings is 2. The third-order valence-corrected chi connectivity index (χ3v) is 8.31. The molecule has 0 atom stereocenters. The van der Waals surface area contributed by atoms with Crippen LogP contribution in [-0.4, -0.2) is 32.4 Å². The lowest BCUT2D eigenvalue weighted by atomic mass is 9.83. The summed E-state index contributed by atoms with van der Waals surface area (Å²) in [5.41, 5.74) is 0.0597. The van der Waals surface area contributed by atoms with Gasteiger partial charge in [-0.1, -0.05) is 34.4 Å². The number of hydrogen-bond donors (Lipinski definition) is 2. The molecule has 2 aromatic heterocycles. The number of aromatic carboxylic acids is 1. The Labute approximate surface area is 223 Å². The molecule has 0 saturated heterocycles. The second-order valence-corrected chi connectivity index (χ2v) is 10.7. The van der Waals surface area contributed by atoms with Crippen LogP contribution in [0.3, 0.4) is 0 Å². The normalized spacial score (nSPS) is 20.1. The smallest absolute Gasteiger partial charge is 0.335 e. The number of thiazole rings is 1. The molecule has 0 radical (unpaired) electrons. The first-order valence-corrected chi connectivity index (χ1v) is 12.9. The Morgan fingerprint density at radius 2 is 1.92 bits per heavy atom. The number of carbonyl (C=O) groups is 1. The molecule has 1 fully saturated rings. The zero-order chi connectivity index (χ0) is 26.3. The number of ether oxygens (including phenoxy) is 1. The van der Waals surface area contributed by atoms with Crippen molar-refractivity contribution in [3.8, 4) is 11.3 Å². The van der Waals surface area contributed by atoms with Crippen LogP contribution in [0.25, 0.3) is 21.5 Å². The van der Waals surface area contributed by atoms with Crippen LogP contribution in [0.2, 0.25) is 10.0 Å². The minimum Gasteiger partial charge on any atom is -0.478 e. The first-order valence-electron chi connectivity index (χ1n) is 11.4. The predicted octanol–water partition coefficient (Wildman–Crippen LogP) is 7.24. The van der Waals surface area contributed by atoms with Crippen molar-refractivity contribution < 1.29 is 33.0 Å². The molecule has 0 amide bonds. The Kier molecular flexibility index (Phi) is 7.21. The topological polar surface area (TPSA) is 106 Å². The van der Waals surface area contributed by atoms with E-state index in [1.807, 2.05) is 0 Å². The Balaban J connectivity index is 1.30. The van der Waals surface area contributed by atoms with E-state index in [0.717, 1.165) is 0 Å². The summed E-state index contributed by atoms with van der Waals surface area (Å²) in [6.07, 6.45) is -1.59. The predicted molar refractivity (Wildman–Crippen MR) is 134 cm³/mol. The van der Waals surface area contributed by atoms with Gasteiger partial charge in [-0.3, -0.25) is 0 Å². The lowest BCUT2D eigenvalue weighted by Crippen LogP contribution is -2.34. The molecular formula is C25H20Cl2F2N2O5S. The highest BCUT2D eigenvalue weighted by Crippen LogP contribution is 2.43. The molecule has 5 rings (SSSR count). The lowest BCUT2D eigenvalue weighted by molar-refractivity contribution is -0.0644. The number of alkyl halides is 2. The summed E-state index contributed by atoms with van der Waals surface area (Å²) in [5.74, 6) is -1.63. The number of halogens is 4. The summed E-state index contributed by atoms with van der Waals surface area (Å²) in [7, 11) is 0. The summed E-state index contributed by atoms with van der Waals surface area (Å²) in [5, 5.41) is 25.3. The van der Waals surface area contributed by atoms with E-state index in [4.69, 9.17) is 32.5 Å². The molecule has 1 aliphatic carbocycles. The molecule has 4 aromatic rings. The monoisotopic (exact) mass is 568 g/mol. The summed E-state index contributed by atoms with van der Waals surface area (Å²) < 4.78 is 38.9. The molecule has 0 spiro atoms. The Morgan fingerprint density at radius 3 is 2.57 bits per heavy atom. The summed E-state index contributed by atoms with van der Waals surface area (Å²) in [6, 6.07) is 9.44. The molecular weight excluding hydrogens is 549 g/mol. The van der Waals surface area contributed by atoms with Gasteiger partial charge >= 0.3 is 5.97 Å². The summed E-state index contributed by atoms with van der Waals surface area (Å²) in [4.78, 5) is 15.8. The largest absolute Gasteiger partial charge is 0.478 e. The maximum atomic E-state index is 13.6. The molecule has 37 heavy (non-hydrogen) atoms. The van der Waals surface area contributed by atoms with Gasteiger partial charge in [-0.15, -0.1) is 11.3 Å². The van der Waals surface area contributed by atoms with Crippen molar-refractivity contribution in [3.05, 3.63) is 68.3 Å².